The van der Waals surface area contributed by atoms with Crippen molar-refractivity contribution in [1.29, 1.82) is 0 Å². The Kier molecular flexibility index (Phi) is 4.93. The minimum absolute atomic E-state index is 0.249. The molecular formula is C15H16ClFN2O. The Morgan fingerprint density at radius 3 is 2.85 bits per heavy atom. The molecule has 2 rings (SSSR count). The number of nitrogens with zero attached hydrogens (tertiary/aromatic N) is 1. The van der Waals surface area contributed by atoms with Crippen molar-refractivity contribution in [2.75, 3.05) is 13.7 Å². The SMILES string of the molecule is CCNC(c1cc(F)ccc1Cl)c1ccncc1OC. The first-order chi connectivity index (χ1) is 9.67. The lowest BCUT2D eigenvalue weighted by Gasteiger charge is -2.22. The van der Waals surface area contributed by atoms with Crippen molar-refractivity contribution < 1.29 is 9.13 Å². The van der Waals surface area contributed by atoms with E-state index in [1.807, 2.05) is 13.0 Å². The number of benzene rings is 1. The van der Waals surface area contributed by atoms with E-state index in [0.717, 1.165) is 5.56 Å². The summed E-state index contributed by atoms with van der Waals surface area (Å²) in [6.45, 7) is 2.69. The molecule has 0 aliphatic heterocycles. The summed E-state index contributed by atoms with van der Waals surface area (Å²) < 4.78 is 18.8. The first kappa shape index (κ1) is 14.8. The van der Waals surface area contributed by atoms with E-state index in [1.54, 1.807) is 25.6 Å². The first-order valence-electron chi connectivity index (χ1n) is 6.33. The molecule has 0 aliphatic rings. The molecule has 0 saturated heterocycles. The summed E-state index contributed by atoms with van der Waals surface area (Å²) >= 11 is 6.21. The van der Waals surface area contributed by atoms with Crippen LogP contribution in [0, 0.1) is 5.82 Å². The molecule has 0 saturated carbocycles. The summed E-state index contributed by atoms with van der Waals surface area (Å²) in [5.74, 6) is 0.319. The van der Waals surface area contributed by atoms with Crippen molar-refractivity contribution in [2.45, 2.75) is 13.0 Å². The Labute approximate surface area is 122 Å². The highest BCUT2D eigenvalue weighted by Gasteiger charge is 2.20. The van der Waals surface area contributed by atoms with Crippen LogP contribution in [-0.4, -0.2) is 18.6 Å². The van der Waals surface area contributed by atoms with Crippen LogP contribution in [0.4, 0.5) is 4.39 Å². The van der Waals surface area contributed by atoms with Gasteiger partial charge in [-0.25, -0.2) is 4.39 Å². The van der Waals surface area contributed by atoms with Crippen LogP contribution in [0.5, 0.6) is 5.75 Å². The van der Waals surface area contributed by atoms with Gasteiger partial charge in [-0.3, -0.25) is 4.98 Å². The van der Waals surface area contributed by atoms with Crippen LogP contribution in [0.3, 0.4) is 0 Å². The van der Waals surface area contributed by atoms with E-state index >= 15 is 0 Å². The van der Waals surface area contributed by atoms with Gasteiger partial charge in [-0.1, -0.05) is 18.5 Å². The molecule has 0 amide bonds. The summed E-state index contributed by atoms with van der Waals surface area (Å²) in [6.07, 6.45) is 3.31. The zero-order valence-corrected chi connectivity index (χ0v) is 12.1. The average molecular weight is 295 g/mol. The topological polar surface area (TPSA) is 34.2 Å². The molecular weight excluding hydrogens is 279 g/mol. The summed E-state index contributed by atoms with van der Waals surface area (Å²) in [6, 6.07) is 5.94. The number of halogens is 2. The maximum absolute atomic E-state index is 13.5. The third-order valence-electron chi connectivity index (χ3n) is 3.02. The number of nitrogens with one attached hydrogen (secondary N) is 1. The molecule has 5 heteroatoms. The maximum atomic E-state index is 13.5. The highest BCUT2D eigenvalue weighted by atomic mass is 35.5. The highest BCUT2D eigenvalue weighted by Crippen LogP contribution is 2.33. The van der Waals surface area contributed by atoms with E-state index in [1.165, 1.54) is 12.1 Å². The van der Waals surface area contributed by atoms with Gasteiger partial charge in [-0.15, -0.1) is 0 Å². The predicted octanol–water partition coefficient (Wildman–Crippen LogP) is 3.58. The van der Waals surface area contributed by atoms with Crippen LogP contribution in [-0.2, 0) is 0 Å². The van der Waals surface area contributed by atoms with Crippen LogP contribution in [0.15, 0.2) is 36.7 Å². The molecule has 1 atom stereocenters. The van der Waals surface area contributed by atoms with Crippen LogP contribution < -0.4 is 10.1 Å². The van der Waals surface area contributed by atoms with Crippen molar-refractivity contribution in [2.24, 2.45) is 0 Å². The fraction of sp³-hybridized carbons (Fsp3) is 0.267. The Balaban J connectivity index is 2.53. The molecule has 1 aromatic carbocycles. The molecule has 1 heterocycles. The molecule has 20 heavy (non-hydrogen) atoms. The molecule has 0 bridgehead atoms. The number of pyridine rings is 1. The van der Waals surface area contributed by atoms with Gasteiger partial charge in [0.15, 0.2) is 0 Å². The van der Waals surface area contributed by atoms with Gasteiger partial charge in [0, 0.05) is 16.8 Å². The van der Waals surface area contributed by atoms with E-state index in [9.17, 15) is 4.39 Å². The summed E-state index contributed by atoms with van der Waals surface area (Å²) in [5, 5.41) is 3.81. The zero-order valence-electron chi connectivity index (χ0n) is 11.4. The molecule has 0 radical (unpaired) electrons. The maximum Gasteiger partial charge on any atom is 0.142 e. The fourth-order valence-electron chi connectivity index (χ4n) is 2.13. The van der Waals surface area contributed by atoms with E-state index in [-0.39, 0.29) is 11.9 Å². The van der Waals surface area contributed by atoms with Crippen LogP contribution >= 0.6 is 11.6 Å². The second kappa shape index (κ2) is 6.68. The van der Waals surface area contributed by atoms with Crippen LogP contribution in [0.1, 0.15) is 24.1 Å². The van der Waals surface area contributed by atoms with Crippen molar-refractivity contribution in [1.82, 2.24) is 10.3 Å². The molecule has 106 valence electrons. The molecule has 0 spiro atoms. The number of rotatable bonds is 5. The minimum Gasteiger partial charge on any atom is -0.495 e. The van der Waals surface area contributed by atoms with Gasteiger partial charge in [-0.05, 0) is 36.4 Å². The number of hydrogen-bond acceptors (Lipinski definition) is 3. The van der Waals surface area contributed by atoms with Gasteiger partial charge in [0.1, 0.15) is 11.6 Å². The largest absolute Gasteiger partial charge is 0.495 e. The third-order valence-corrected chi connectivity index (χ3v) is 3.37. The number of ether oxygens (including phenoxy) is 1. The Bertz CT molecular complexity index is 592. The first-order valence-corrected chi connectivity index (χ1v) is 6.71. The second-order valence-electron chi connectivity index (χ2n) is 4.27. The summed E-state index contributed by atoms with van der Waals surface area (Å²) in [5.41, 5.74) is 1.55. The van der Waals surface area contributed by atoms with Crippen molar-refractivity contribution in [3.63, 3.8) is 0 Å². The van der Waals surface area contributed by atoms with Crippen molar-refractivity contribution >= 4 is 11.6 Å². The standard InChI is InChI=1S/C15H16ClFN2O/c1-3-19-15(11-6-7-18-9-14(11)20-2)12-8-10(17)4-5-13(12)16/h4-9,15,19H,3H2,1-2H3. The fourth-order valence-corrected chi connectivity index (χ4v) is 2.35. The van der Waals surface area contributed by atoms with Crippen molar-refractivity contribution in [3.8, 4) is 5.75 Å². The molecule has 1 N–H and O–H groups in total. The van der Waals surface area contributed by atoms with E-state index in [4.69, 9.17) is 16.3 Å². The molecule has 2 aromatic rings. The van der Waals surface area contributed by atoms with E-state index < -0.39 is 0 Å². The zero-order chi connectivity index (χ0) is 14.5. The lowest BCUT2D eigenvalue weighted by Crippen LogP contribution is -2.23. The lowest BCUT2D eigenvalue weighted by atomic mass is 9.98. The van der Waals surface area contributed by atoms with Crippen LogP contribution in [0.25, 0.3) is 0 Å². The summed E-state index contributed by atoms with van der Waals surface area (Å²) in [4.78, 5) is 4.03. The number of aromatic nitrogens is 1. The Morgan fingerprint density at radius 1 is 1.35 bits per heavy atom. The number of methoxy groups -OCH3 is 1. The van der Waals surface area contributed by atoms with E-state index in [2.05, 4.69) is 10.3 Å². The second-order valence-corrected chi connectivity index (χ2v) is 4.68. The van der Waals surface area contributed by atoms with Gasteiger partial charge in [0.05, 0.1) is 19.3 Å². The summed E-state index contributed by atoms with van der Waals surface area (Å²) in [7, 11) is 1.58. The minimum atomic E-state index is -0.319. The lowest BCUT2D eigenvalue weighted by molar-refractivity contribution is 0.402. The molecule has 0 fully saturated rings. The van der Waals surface area contributed by atoms with Gasteiger partial charge >= 0.3 is 0 Å². The van der Waals surface area contributed by atoms with Crippen LogP contribution in [0.2, 0.25) is 5.02 Å². The predicted molar refractivity (Wildman–Crippen MR) is 77.7 cm³/mol. The highest BCUT2D eigenvalue weighted by molar-refractivity contribution is 6.31. The monoisotopic (exact) mass is 294 g/mol. The average Bonchev–Trinajstić information content (AvgIpc) is 2.47. The molecule has 0 aliphatic carbocycles. The Morgan fingerprint density at radius 2 is 2.15 bits per heavy atom. The quantitative estimate of drug-likeness (QED) is 0.915. The smallest absolute Gasteiger partial charge is 0.142 e. The number of hydrogen-bond donors (Lipinski definition) is 1. The molecule has 3 nitrogen and oxygen atoms in total. The van der Waals surface area contributed by atoms with Gasteiger partial charge in [-0.2, -0.15) is 0 Å². The van der Waals surface area contributed by atoms with Gasteiger partial charge in [0.25, 0.3) is 0 Å². The Hall–Kier alpha value is -1.65. The van der Waals surface area contributed by atoms with Gasteiger partial charge in [0.2, 0.25) is 0 Å². The van der Waals surface area contributed by atoms with E-state index in [0.29, 0.717) is 22.9 Å². The molecule has 1 unspecified atom stereocenters. The molecule has 1 aromatic heterocycles. The van der Waals surface area contributed by atoms with Crippen molar-refractivity contribution in [3.05, 3.63) is 58.6 Å². The normalized spacial score (nSPS) is 12.2. The van der Waals surface area contributed by atoms with Gasteiger partial charge < -0.3 is 10.1 Å². The third kappa shape index (κ3) is 3.08.